The zero-order valence-electron chi connectivity index (χ0n) is 18.2. The van der Waals surface area contributed by atoms with Crippen LogP contribution in [0.1, 0.15) is 31.9 Å². The molecule has 32 heavy (non-hydrogen) atoms. The third kappa shape index (κ3) is 4.59. The van der Waals surface area contributed by atoms with Crippen molar-refractivity contribution in [3.63, 3.8) is 0 Å². The number of rotatable bonds is 5. The fourth-order valence-electron chi connectivity index (χ4n) is 4.43. The summed E-state index contributed by atoms with van der Waals surface area (Å²) < 4.78 is 11.2. The number of thiazole rings is 1. The van der Waals surface area contributed by atoms with Crippen molar-refractivity contribution in [3.05, 3.63) is 29.3 Å². The van der Waals surface area contributed by atoms with Gasteiger partial charge in [-0.05, 0) is 44.0 Å². The molecule has 1 aromatic carbocycles. The molecule has 170 valence electrons. The molecule has 8 nitrogen and oxygen atoms in total. The van der Waals surface area contributed by atoms with E-state index in [0.29, 0.717) is 36.4 Å². The highest BCUT2D eigenvalue weighted by molar-refractivity contribution is 7.13. The number of hydrogen-bond acceptors (Lipinski definition) is 7. The molecular formula is C23H28N4O4S. The molecule has 3 aliphatic heterocycles. The van der Waals surface area contributed by atoms with Crippen LogP contribution in [-0.2, 0) is 16.1 Å². The van der Waals surface area contributed by atoms with Gasteiger partial charge < -0.3 is 19.7 Å². The van der Waals surface area contributed by atoms with Gasteiger partial charge in [-0.25, -0.2) is 4.98 Å². The number of likely N-dealkylation sites (tertiary alicyclic amines) is 1. The van der Waals surface area contributed by atoms with E-state index < -0.39 is 5.92 Å². The number of nitrogens with one attached hydrogen (secondary N) is 1. The van der Waals surface area contributed by atoms with Crippen molar-refractivity contribution in [3.8, 4) is 11.5 Å². The van der Waals surface area contributed by atoms with Crippen LogP contribution in [0, 0.1) is 11.8 Å². The molecule has 2 saturated heterocycles. The van der Waals surface area contributed by atoms with Crippen LogP contribution in [0.15, 0.2) is 23.6 Å². The Labute approximate surface area is 191 Å². The van der Waals surface area contributed by atoms with E-state index in [4.69, 9.17) is 9.47 Å². The summed E-state index contributed by atoms with van der Waals surface area (Å²) in [6, 6.07) is 5.45. The second-order valence-electron chi connectivity index (χ2n) is 8.83. The van der Waals surface area contributed by atoms with E-state index in [1.165, 1.54) is 24.2 Å². The van der Waals surface area contributed by atoms with Gasteiger partial charge in [0.1, 0.15) is 13.2 Å². The lowest BCUT2D eigenvalue weighted by molar-refractivity contribution is -0.122. The van der Waals surface area contributed by atoms with Crippen LogP contribution in [0.5, 0.6) is 11.5 Å². The maximum Gasteiger partial charge on any atom is 0.231 e. The van der Waals surface area contributed by atoms with E-state index in [9.17, 15) is 9.59 Å². The molecule has 5 rings (SSSR count). The van der Waals surface area contributed by atoms with Crippen molar-refractivity contribution in [2.75, 3.05) is 43.1 Å². The maximum atomic E-state index is 12.8. The fourth-order valence-corrected chi connectivity index (χ4v) is 5.13. The fraction of sp³-hybridized carbons (Fsp3) is 0.522. The van der Waals surface area contributed by atoms with Crippen LogP contribution >= 0.6 is 11.3 Å². The standard InChI is InChI=1S/C23H28N4O4S/c1-15-4-6-26(7-5-15)13-17-14-32-23(24-17)25-22(29)16-10-21(28)27(12-16)18-2-3-19-20(11-18)31-9-8-30-19/h2-3,11,14-16H,4-10,12-13H2,1H3,(H,24,25,29). The Morgan fingerprint density at radius 3 is 2.81 bits per heavy atom. The highest BCUT2D eigenvalue weighted by Crippen LogP contribution is 2.36. The van der Waals surface area contributed by atoms with Gasteiger partial charge in [0.2, 0.25) is 11.8 Å². The largest absolute Gasteiger partial charge is 0.486 e. The molecule has 0 aliphatic carbocycles. The summed E-state index contributed by atoms with van der Waals surface area (Å²) >= 11 is 1.44. The van der Waals surface area contributed by atoms with Gasteiger partial charge in [0.25, 0.3) is 0 Å². The van der Waals surface area contributed by atoms with Gasteiger partial charge in [-0.15, -0.1) is 11.3 Å². The Morgan fingerprint density at radius 1 is 1.22 bits per heavy atom. The summed E-state index contributed by atoms with van der Waals surface area (Å²) in [6.45, 7) is 6.67. The number of fused-ring (bicyclic) bond motifs is 1. The topological polar surface area (TPSA) is 84.0 Å². The quantitative estimate of drug-likeness (QED) is 0.744. The molecule has 0 radical (unpaired) electrons. The molecule has 0 spiro atoms. The average molecular weight is 457 g/mol. The van der Waals surface area contributed by atoms with Crippen molar-refractivity contribution in [1.29, 1.82) is 0 Å². The van der Waals surface area contributed by atoms with Crippen molar-refractivity contribution in [2.45, 2.75) is 32.7 Å². The number of piperidine rings is 1. The van der Waals surface area contributed by atoms with Crippen LogP contribution in [0.25, 0.3) is 0 Å². The third-order valence-electron chi connectivity index (χ3n) is 6.38. The minimum Gasteiger partial charge on any atom is -0.486 e. The number of anilines is 2. The van der Waals surface area contributed by atoms with Crippen molar-refractivity contribution >= 4 is 34.0 Å². The van der Waals surface area contributed by atoms with Crippen LogP contribution in [0.4, 0.5) is 10.8 Å². The predicted octanol–water partition coefficient (Wildman–Crippen LogP) is 3.14. The Morgan fingerprint density at radius 2 is 2.00 bits per heavy atom. The Kier molecular flexibility index (Phi) is 6.01. The molecule has 1 unspecified atom stereocenters. The summed E-state index contributed by atoms with van der Waals surface area (Å²) in [6.07, 6.45) is 2.64. The van der Waals surface area contributed by atoms with E-state index in [1.807, 2.05) is 17.5 Å². The molecule has 2 aromatic rings. The van der Waals surface area contributed by atoms with E-state index in [0.717, 1.165) is 36.9 Å². The number of amides is 2. The van der Waals surface area contributed by atoms with E-state index >= 15 is 0 Å². The van der Waals surface area contributed by atoms with Gasteiger partial charge in [0, 0.05) is 36.6 Å². The summed E-state index contributed by atoms with van der Waals surface area (Å²) in [5.41, 5.74) is 1.71. The SMILES string of the molecule is CC1CCN(Cc2csc(NC(=O)C3CC(=O)N(c4ccc5c(c4)OCCO5)C3)n2)CC1. The predicted molar refractivity (Wildman–Crippen MR) is 122 cm³/mol. The van der Waals surface area contributed by atoms with E-state index in [-0.39, 0.29) is 18.2 Å². The lowest BCUT2D eigenvalue weighted by Crippen LogP contribution is -2.32. The number of hydrogen-bond donors (Lipinski definition) is 1. The van der Waals surface area contributed by atoms with Gasteiger partial charge in [-0.3, -0.25) is 14.5 Å². The minimum absolute atomic E-state index is 0.0685. The van der Waals surface area contributed by atoms with Crippen LogP contribution in [0.3, 0.4) is 0 Å². The lowest BCUT2D eigenvalue weighted by Gasteiger charge is -2.29. The molecular weight excluding hydrogens is 428 g/mol. The number of benzene rings is 1. The van der Waals surface area contributed by atoms with E-state index in [2.05, 4.69) is 22.1 Å². The average Bonchev–Trinajstić information content (AvgIpc) is 3.41. The van der Waals surface area contributed by atoms with Gasteiger partial charge in [-0.1, -0.05) is 6.92 Å². The van der Waals surface area contributed by atoms with Crippen LogP contribution in [0.2, 0.25) is 0 Å². The second-order valence-corrected chi connectivity index (χ2v) is 9.68. The molecule has 1 atom stereocenters. The van der Waals surface area contributed by atoms with E-state index in [1.54, 1.807) is 11.0 Å². The van der Waals surface area contributed by atoms with Crippen molar-refractivity contribution < 1.29 is 19.1 Å². The summed E-state index contributed by atoms with van der Waals surface area (Å²) in [7, 11) is 0. The Balaban J connectivity index is 1.18. The highest BCUT2D eigenvalue weighted by Gasteiger charge is 2.36. The molecule has 2 fully saturated rings. The molecule has 2 amide bonds. The first-order valence-electron chi connectivity index (χ1n) is 11.2. The number of aromatic nitrogens is 1. The summed E-state index contributed by atoms with van der Waals surface area (Å²) in [4.78, 5) is 34.1. The van der Waals surface area contributed by atoms with Gasteiger partial charge in [0.05, 0.1) is 11.6 Å². The normalized spacial score (nSPS) is 21.7. The van der Waals surface area contributed by atoms with Crippen molar-refractivity contribution in [1.82, 2.24) is 9.88 Å². The number of nitrogens with zero attached hydrogens (tertiary/aromatic N) is 3. The number of carbonyl (C=O) groups excluding carboxylic acids is 2. The molecule has 3 aliphatic rings. The maximum absolute atomic E-state index is 12.8. The Hall–Kier alpha value is -2.65. The molecule has 9 heteroatoms. The lowest BCUT2D eigenvalue weighted by atomic mass is 9.99. The Bertz CT molecular complexity index is 1000. The van der Waals surface area contributed by atoms with Crippen molar-refractivity contribution in [2.24, 2.45) is 11.8 Å². The first-order valence-corrected chi connectivity index (χ1v) is 12.1. The zero-order valence-corrected chi connectivity index (χ0v) is 19.0. The molecule has 0 saturated carbocycles. The monoisotopic (exact) mass is 456 g/mol. The van der Waals surface area contributed by atoms with Gasteiger partial charge in [0.15, 0.2) is 16.6 Å². The number of carbonyl (C=O) groups is 2. The third-order valence-corrected chi connectivity index (χ3v) is 7.18. The molecule has 1 aromatic heterocycles. The molecule has 1 N–H and O–H groups in total. The number of ether oxygens (including phenoxy) is 2. The van der Waals surface area contributed by atoms with Gasteiger partial charge >= 0.3 is 0 Å². The molecule has 4 heterocycles. The minimum atomic E-state index is -0.411. The molecule has 0 bridgehead atoms. The summed E-state index contributed by atoms with van der Waals surface area (Å²) in [5.74, 6) is 1.47. The summed E-state index contributed by atoms with van der Waals surface area (Å²) in [5, 5.41) is 5.52. The highest BCUT2D eigenvalue weighted by atomic mass is 32.1. The first-order chi connectivity index (χ1) is 15.5. The zero-order chi connectivity index (χ0) is 22.1. The first kappa shape index (κ1) is 21.2. The van der Waals surface area contributed by atoms with Crippen LogP contribution in [-0.4, -0.2) is 54.5 Å². The van der Waals surface area contributed by atoms with Gasteiger partial charge in [-0.2, -0.15) is 0 Å². The smallest absolute Gasteiger partial charge is 0.231 e. The van der Waals surface area contributed by atoms with Crippen LogP contribution < -0.4 is 19.7 Å². The second kappa shape index (κ2) is 9.07.